The number of nitrogens with zero attached hydrogens (tertiary/aromatic N) is 2. The molecule has 0 radical (unpaired) electrons. The SMILES string of the molecule is NCCCCC(N)C(=O)c1cc2cc3nc(cc4ccc(cc5nc(cc1[nH]2)C=C5)[nH]4)CC3. The molecule has 1 atom stereocenters. The predicted octanol–water partition coefficient (Wildman–Crippen LogP) is 3.91. The largest absolute Gasteiger partial charge is 0.355 e. The molecule has 0 amide bonds. The Morgan fingerprint density at radius 2 is 1.58 bits per heavy atom. The van der Waals surface area contributed by atoms with Gasteiger partial charge in [-0.2, -0.15) is 0 Å². The number of nitrogens with one attached hydrogen (secondary N) is 2. The fraction of sp³-hybridized carbons (Fsp3) is 0.269. The van der Waals surface area contributed by atoms with E-state index in [0.717, 1.165) is 65.0 Å². The maximum absolute atomic E-state index is 13.2. The molecule has 1 unspecified atom stereocenters. The number of hydrogen-bond acceptors (Lipinski definition) is 5. The first-order valence-electron chi connectivity index (χ1n) is 11.5. The number of nitrogens with two attached hydrogens (primary N) is 2. The number of fused-ring (bicyclic) bond motifs is 8. The highest BCUT2D eigenvalue weighted by Crippen LogP contribution is 2.21. The van der Waals surface area contributed by atoms with Crippen LogP contribution in [0.25, 0.3) is 34.2 Å². The standard InChI is InChI=1S/C26H28N6O/c27-10-2-1-3-24(28)26(33)23-14-22-13-20-7-6-18(30-20)11-16-4-5-17(29-16)12-19-8-9-21(31-19)15-25(23)32-22/h4-5,8-9,11-15,24,29,32H,1-3,6-7,10,27-28H2. The maximum atomic E-state index is 13.2. The van der Waals surface area contributed by atoms with E-state index in [1.54, 1.807) is 0 Å². The van der Waals surface area contributed by atoms with Crippen molar-refractivity contribution in [1.82, 2.24) is 19.9 Å². The number of aromatic nitrogens is 4. The van der Waals surface area contributed by atoms with Crippen molar-refractivity contribution in [3.63, 3.8) is 0 Å². The summed E-state index contributed by atoms with van der Waals surface area (Å²) in [7, 11) is 0. The molecule has 2 aliphatic heterocycles. The lowest BCUT2D eigenvalue weighted by Crippen LogP contribution is -2.30. The van der Waals surface area contributed by atoms with Crippen LogP contribution in [-0.4, -0.2) is 38.3 Å². The minimum atomic E-state index is -0.557. The first-order valence-corrected chi connectivity index (χ1v) is 11.5. The fourth-order valence-corrected chi connectivity index (χ4v) is 4.31. The highest BCUT2D eigenvalue weighted by Gasteiger charge is 2.19. The van der Waals surface area contributed by atoms with Gasteiger partial charge in [-0.05, 0) is 86.8 Å². The van der Waals surface area contributed by atoms with Gasteiger partial charge in [-0.3, -0.25) is 9.78 Å². The summed E-state index contributed by atoms with van der Waals surface area (Å²) >= 11 is 0. The molecule has 0 aromatic carbocycles. The van der Waals surface area contributed by atoms with Gasteiger partial charge in [0.25, 0.3) is 0 Å². The van der Waals surface area contributed by atoms with Crippen molar-refractivity contribution in [3.05, 3.63) is 70.8 Å². The molecular formula is C26H28N6O. The van der Waals surface area contributed by atoms with Crippen LogP contribution >= 0.6 is 0 Å². The van der Waals surface area contributed by atoms with E-state index < -0.39 is 6.04 Å². The van der Waals surface area contributed by atoms with Crippen molar-refractivity contribution >= 4 is 40.0 Å². The molecule has 2 aliphatic rings. The van der Waals surface area contributed by atoms with Crippen molar-refractivity contribution in [1.29, 1.82) is 0 Å². The summed E-state index contributed by atoms with van der Waals surface area (Å²) in [5.74, 6) is -0.0713. The first kappa shape index (κ1) is 21.3. The molecule has 0 fully saturated rings. The van der Waals surface area contributed by atoms with Gasteiger partial charge in [0, 0.05) is 33.5 Å². The van der Waals surface area contributed by atoms with E-state index in [1.807, 2.05) is 42.5 Å². The highest BCUT2D eigenvalue weighted by atomic mass is 16.1. The van der Waals surface area contributed by atoms with Crippen LogP contribution in [0.5, 0.6) is 0 Å². The van der Waals surface area contributed by atoms with Crippen LogP contribution < -0.4 is 11.5 Å². The van der Waals surface area contributed by atoms with Crippen LogP contribution in [0.1, 0.15) is 52.4 Å². The van der Waals surface area contributed by atoms with Gasteiger partial charge in [0.05, 0.1) is 22.9 Å². The number of H-pyrrole nitrogens is 2. The Labute approximate surface area is 192 Å². The summed E-state index contributed by atoms with van der Waals surface area (Å²) in [6.45, 7) is 0.605. The Morgan fingerprint density at radius 1 is 0.879 bits per heavy atom. The van der Waals surface area contributed by atoms with Gasteiger partial charge in [0.15, 0.2) is 5.78 Å². The lowest BCUT2D eigenvalue weighted by atomic mass is 10.0. The summed E-state index contributed by atoms with van der Waals surface area (Å²) in [5, 5.41) is 0. The maximum Gasteiger partial charge on any atom is 0.181 e. The lowest BCUT2D eigenvalue weighted by Gasteiger charge is -2.09. The van der Waals surface area contributed by atoms with Crippen molar-refractivity contribution in [3.8, 4) is 0 Å². The van der Waals surface area contributed by atoms with Crippen LogP contribution in [0.4, 0.5) is 0 Å². The smallest absolute Gasteiger partial charge is 0.181 e. The van der Waals surface area contributed by atoms with Gasteiger partial charge in [-0.15, -0.1) is 0 Å². The molecule has 7 nitrogen and oxygen atoms in total. The summed E-state index contributed by atoms with van der Waals surface area (Å²) in [6.07, 6.45) is 7.97. The monoisotopic (exact) mass is 440 g/mol. The summed E-state index contributed by atoms with van der Waals surface area (Å²) in [6, 6.07) is 13.4. The van der Waals surface area contributed by atoms with Gasteiger partial charge >= 0.3 is 0 Å². The summed E-state index contributed by atoms with van der Waals surface area (Å²) < 4.78 is 0. The van der Waals surface area contributed by atoms with E-state index in [4.69, 9.17) is 21.4 Å². The minimum Gasteiger partial charge on any atom is -0.355 e. The van der Waals surface area contributed by atoms with Gasteiger partial charge in [0.2, 0.25) is 0 Å². The van der Waals surface area contributed by atoms with E-state index in [2.05, 4.69) is 22.1 Å². The highest BCUT2D eigenvalue weighted by molar-refractivity contribution is 6.07. The van der Waals surface area contributed by atoms with E-state index in [1.165, 1.54) is 0 Å². The molecule has 8 bridgehead atoms. The number of carbonyl (C=O) groups excluding carboxylic acids is 1. The van der Waals surface area contributed by atoms with E-state index >= 15 is 0 Å². The Balaban J connectivity index is 1.67. The molecule has 7 heteroatoms. The zero-order chi connectivity index (χ0) is 22.8. The molecule has 0 saturated carbocycles. The number of unbranched alkanes of at least 4 members (excludes halogenated alkanes) is 1. The first-order chi connectivity index (χ1) is 16.1. The van der Waals surface area contributed by atoms with Crippen LogP contribution in [0.3, 0.4) is 0 Å². The molecule has 6 N–H and O–H groups in total. The van der Waals surface area contributed by atoms with E-state index in [9.17, 15) is 4.79 Å². The number of ketones is 1. The molecule has 0 saturated heterocycles. The molecule has 5 rings (SSSR count). The van der Waals surface area contributed by atoms with Crippen LogP contribution in [-0.2, 0) is 12.8 Å². The molecular weight excluding hydrogens is 412 g/mol. The van der Waals surface area contributed by atoms with Gasteiger partial charge in [0.1, 0.15) is 0 Å². The number of aromatic amines is 2. The Morgan fingerprint density at radius 3 is 2.33 bits per heavy atom. The van der Waals surface area contributed by atoms with Crippen molar-refractivity contribution < 1.29 is 4.79 Å². The molecule has 5 heterocycles. The predicted molar refractivity (Wildman–Crippen MR) is 133 cm³/mol. The van der Waals surface area contributed by atoms with Gasteiger partial charge < -0.3 is 21.4 Å². The average Bonchev–Trinajstić information content (AvgIpc) is 3.58. The van der Waals surface area contributed by atoms with E-state index in [-0.39, 0.29) is 5.78 Å². The normalized spacial score (nSPS) is 13.9. The zero-order valence-corrected chi connectivity index (χ0v) is 18.5. The fourth-order valence-electron chi connectivity index (χ4n) is 4.31. The number of rotatable bonds is 6. The number of Topliss-reactive ketones (excluding diaryl/α,β-unsaturated/α-hetero) is 1. The third-order valence-electron chi connectivity index (χ3n) is 6.02. The quantitative estimate of drug-likeness (QED) is 0.267. The third kappa shape index (κ3) is 4.79. The molecule has 0 spiro atoms. The Kier molecular flexibility index (Phi) is 5.90. The second-order valence-electron chi connectivity index (χ2n) is 8.64. The number of hydrogen-bond donors (Lipinski definition) is 4. The second kappa shape index (κ2) is 9.13. The van der Waals surface area contributed by atoms with Crippen molar-refractivity contribution in [2.24, 2.45) is 11.5 Å². The van der Waals surface area contributed by atoms with Crippen LogP contribution in [0.2, 0.25) is 0 Å². The van der Waals surface area contributed by atoms with Gasteiger partial charge in [-0.1, -0.05) is 6.42 Å². The van der Waals surface area contributed by atoms with Crippen LogP contribution in [0, 0.1) is 0 Å². The molecule has 0 aliphatic carbocycles. The second-order valence-corrected chi connectivity index (χ2v) is 8.64. The third-order valence-corrected chi connectivity index (χ3v) is 6.02. The topological polar surface area (TPSA) is 126 Å². The summed E-state index contributed by atoms with van der Waals surface area (Å²) in [4.78, 5) is 29.5. The number of aryl methyl sites for hydroxylation is 2. The minimum absolute atomic E-state index is 0.0713. The van der Waals surface area contributed by atoms with Crippen molar-refractivity contribution in [2.75, 3.05) is 6.54 Å². The Bertz CT molecular complexity index is 1380. The molecule has 33 heavy (non-hydrogen) atoms. The molecule has 3 aromatic heterocycles. The van der Waals surface area contributed by atoms with E-state index in [0.29, 0.717) is 24.0 Å². The molecule has 3 aromatic rings. The Hall–Kier alpha value is -3.55. The lowest BCUT2D eigenvalue weighted by molar-refractivity contribution is 0.0958. The zero-order valence-electron chi connectivity index (χ0n) is 18.5. The molecule has 168 valence electrons. The van der Waals surface area contributed by atoms with Gasteiger partial charge in [-0.25, -0.2) is 4.98 Å². The average molecular weight is 441 g/mol. The summed E-state index contributed by atoms with van der Waals surface area (Å²) in [5.41, 5.74) is 19.6. The van der Waals surface area contributed by atoms with Crippen molar-refractivity contribution in [2.45, 2.75) is 38.1 Å². The van der Waals surface area contributed by atoms with Crippen LogP contribution in [0.15, 0.2) is 42.5 Å². The number of carbonyl (C=O) groups is 1.